The van der Waals surface area contributed by atoms with E-state index in [1.165, 1.54) is 19.6 Å². The van der Waals surface area contributed by atoms with E-state index in [2.05, 4.69) is 40.3 Å². The number of hydrogen-bond donors (Lipinski definition) is 9. The summed E-state index contributed by atoms with van der Waals surface area (Å²) in [5.74, 6) is -0.823. The zero-order chi connectivity index (χ0) is 57.0. The molecule has 9 N–H and O–H groups in total. The van der Waals surface area contributed by atoms with Crippen LogP contribution in [0.25, 0.3) is 0 Å². The van der Waals surface area contributed by atoms with Crippen LogP contribution in [0.5, 0.6) is 0 Å². The Morgan fingerprint density at radius 1 is 0.782 bits per heavy atom. The molecule has 5 aliphatic heterocycles. The molecule has 0 unspecified atom stereocenters. The highest BCUT2D eigenvalue weighted by molar-refractivity contribution is 7.80. The molecule has 9 aliphatic rings. The summed E-state index contributed by atoms with van der Waals surface area (Å²) in [6, 6.07) is 0. The van der Waals surface area contributed by atoms with E-state index in [9.17, 15) is 63.4 Å². The van der Waals surface area contributed by atoms with Crippen molar-refractivity contribution >= 4 is 22.2 Å². The number of rotatable bonds is 16. The van der Waals surface area contributed by atoms with E-state index in [0.29, 0.717) is 32.1 Å². The maximum Gasteiger partial charge on any atom is 0.397 e. The predicted octanol–water partition coefficient (Wildman–Crippen LogP) is 0.257. The molecule has 78 heavy (non-hydrogen) atoms. The van der Waals surface area contributed by atoms with E-state index in [0.717, 1.165) is 24.8 Å². The van der Waals surface area contributed by atoms with Crippen LogP contribution in [0.3, 0.4) is 0 Å². The smallest absolute Gasteiger partial charge is 0.397 e. The summed E-state index contributed by atoms with van der Waals surface area (Å²) >= 11 is 0. The second-order valence-corrected chi connectivity index (χ2v) is 25.9. The lowest BCUT2D eigenvalue weighted by atomic mass is 9.41. The van der Waals surface area contributed by atoms with Gasteiger partial charge in [0.05, 0.1) is 43.4 Å². The molecule has 24 nitrogen and oxygen atoms in total. The third-order valence-corrected chi connectivity index (χ3v) is 20.2. The van der Waals surface area contributed by atoms with Gasteiger partial charge in [-0.05, 0) is 100 Å². The van der Waals surface area contributed by atoms with E-state index >= 15 is 0 Å². The van der Waals surface area contributed by atoms with Gasteiger partial charge in [0.25, 0.3) is 0 Å². The van der Waals surface area contributed by atoms with E-state index in [4.69, 9.17) is 51.6 Å². The highest BCUT2D eigenvalue weighted by Crippen LogP contribution is 2.75. The Hall–Kier alpha value is -2.19. The van der Waals surface area contributed by atoms with Crippen LogP contribution in [0.2, 0.25) is 0 Å². The molecule has 0 aromatic rings. The number of aliphatic hydroxyl groups is 8. The van der Waals surface area contributed by atoms with Crippen molar-refractivity contribution in [3.8, 4) is 0 Å². The van der Waals surface area contributed by atoms with Crippen LogP contribution in [-0.2, 0) is 71.5 Å². The molecular weight excluding hydrogens is 1050 g/mol. The number of methoxy groups -OCH3 is 1. The van der Waals surface area contributed by atoms with Crippen molar-refractivity contribution in [3.05, 3.63) is 23.8 Å². The van der Waals surface area contributed by atoms with Gasteiger partial charge in [0, 0.05) is 13.5 Å². The van der Waals surface area contributed by atoms with Gasteiger partial charge >= 0.3 is 16.4 Å². The lowest BCUT2D eigenvalue weighted by Crippen LogP contribution is -2.65. The number of cyclic esters (lactones) is 1. The van der Waals surface area contributed by atoms with E-state index < -0.39 is 175 Å². The van der Waals surface area contributed by atoms with Gasteiger partial charge in [0.1, 0.15) is 90.7 Å². The van der Waals surface area contributed by atoms with Crippen molar-refractivity contribution < 1.29 is 115 Å². The van der Waals surface area contributed by atoms with Crippen LogP contribution in [0.4, 0.5) is 0 Å². The summed E-state index contributed by atoms with van der Waals surface area (Å²) in [5.41, 5.74) is -1.28. The summed E-state index contributed by atoms with van der Waals surface area (Å²) in [6.45, 7) is 16.1. The third kappa shape index (κ3) is 10.2. The molecule has 5 heterocycles. The van der Waals surface area contributed by atoms with Crippen molar-refractivity contribution in [2.45, 2.75) is 229 Å². The van der Waals surface area contributed by atoms with Gasteiger partial charge in [-0.25, -0.2) is 4.18 Å². The second-order valence-electron chi connectivity index (χ2n) is 24.8. The van der Waals surface area contributed by atoms with Gasteiger partial charge < -0.3 is 88.2 Å². The molecule has 0 aromatic carbocycles. The summed E-state index contributed by atoms with van der Waals surface area (Å²) in [5, 5.41) is 88.2. The number of allylic oxidation sites excluding steroid dienone is 3. The van der Waals surface area contributed by atoms with Crippen LogP contribution in [-0.4, -0.2) is 215 Å². The van der Waals surface area contributed by atoms with Crippen molar-refractivity contribution in [1.82, 2.24) is 0 Å². The first-order chi connectivity index (χ1) is 36.5. The average molecular weight is 1140 g/mol. The Morgan fingerprint density at radius 2 is 1.44 bits per heavy atom. The molecule has 5 saturated heterocycles. The number of hydrogen-bond acceptors (Lipinski definition) is 23. The van der Waals surface area contributed by atoms with E-state index in [1.54, 1.807) is 0 Å². The molecule has 1 spiro atoms. The van der Waals surface area contributed by atoms with Gasteiger partial charge in [0.15, 0.2) is 25.2 Å². The van der Waals surface area contributed by atoms with Gasteiger partial charge in [-0.2, -0.15) is 8.42 Å². The first-order valence-electron chi connectivity index (χ1n) is 27.3. The van der Waals surface area contributed by atoms with Crippen LogP contribution in [0.1, 0.15) is 106 Å². The van der Waals surface area contributed by atoms with Crippen molar-refractivity contribution in [2.75, 3.05) is 26.9 Å². The molecule has 9 rings (SSSR count). The van der Waals surface area contributed by atoms with Crippen LogP contribution < -0.4 is 0 Å². The molecule has 444 valence electrons. The number of aliphatic hydroxyl groups excluding tert-OH is 8. The topological polar surface area (TPSA) is 352 Å². The summed E-state index contributed by atoms with van der Waals surface area (Å²) in [4.78, 5) is 28.7. The zero-order valence-electron chi connectivity index (χ0n) is 45.5. The fraction of sp³-hybridized carbons (Fsp3) is 0.887. The molecule has 8 fully saturated rings. The minimum atomic E-state index is -5.15. The first kappa shape index (κ1) is 60.4. The lowest BCUT2D eigenvalue weighted by molar-refractivity contribution is -0.382. The number of fused-ring (bicyclic) bond motifs is 4. The number of carbonyl (C=O) groups excluding carboxylic acids is 2. The Morgan fingerprint density at radius 3 is 2.10 bits per heavy atom. The molecule has 0 radical (unpaired) electrons. The van der Waals surface area contributed by atoms with Gasteiger partial charge in [-0.3, -0.25) is 14.1 Å². The van der Waals surface area contributed by atoms with Gasteiger partial charge in [-0.15, -0.1) is 6.58 Å². The predicted molar refractivity (Wildman–Crippen MR) is 265 cm³/mol. The third-order valence-electron chi connectivity index (χ3n) is 19.7. The van der Waals surface area contributed by atoms with E-state index in [-0.39, 0.29) is 35.4 Å². The second kappa shape index (κ2) is 22.1. The quantitative estimate of drug-likeness (QED) is 0.0433. The first-order valence-corrected chi connectivity index (χ1v) is 28.7. The van der Waals surface area contributed by atoms with E-state index in [1.807, 2.05) is 13.8 Å². The molecule has 3 saturated carbocycles. The maximum absolute atomic E-state index is 14.4. The molecular formula is C53H82O24S. The van der Waals surface area contributed by atoms with Gasteiger partial charge in [0.2, 0.25) is 0 Å². The molecule has 25 heteroatoms. The largest absolute Gasteiger partial charge is 0.458 e. The number of carbonyl (C=O) groups is 2. The number of Topliss-reactive ketones (excluding diaryl/α,β-unsaturated/α-hetero) is 1. The Kier molecular flexibility index (Phi) is 17.1. The average Bonchev–Trinajstić information content (AvgIpc) is 3.04. The molecule has 0 amide bonds. The normalized spacial score (nSPS) is 50.2. The van der Waals surface area contributed by atoms with Crippen LogP contribution >= 0.6 is 0 Å². The summed E-state index contributed by atoms with van der Waals surface area (Å²) < 4.78 is 97.7. The fourth-order valence-corrected chi connectivity index (χ4v) is 16.3. The van der Waals surface area contributed by atoms with Gasteiger partial charge in [-0.1, -0.05) is 44.9 Å². The Bertz CT molecular complexity index is 2370. The van der Waals surface area contributed by atoms with Crippen molar-refractivity contribution in [3.63, 3.8) is 0 Å². The Balaban J connectivity index is 0.892. The minimum absolute atomic E-state index is 0.000668. The molecule has 0 bridgehead atoms. The fourth-order valence-electron chi connectivity index (χ4n) is 15.8. The zero-order valence-corrected chi connectivity index (χ0v) is 46.3. The SMILES string of the molecule is C=C(C)CCC[C@]1(C)OC(=O)[C@]23CC=C4[C@@H](CC[C@H]5C(C)(C)[C@@H](O[C@@H]6OC[C@@H](OS(=O)(=O)O)[C@H](O)[C@H]6O[C@@H]6O[C@H](C)[C@@H](O[C@@H]7OC[C@@H](O)[C@H](O[C@@H]8O[C@H](CO)[C@@H](O)[C@H](OC)[C@H]8O)[C@H]7O)[C@H](O)[C@H]6O)CC[C@]45C)[C@]2(C)CC(=O)[C@@H]31. The molecule has 26 atom stereocenters. The highest BCUT2D eigenvalue weighted by atomic mass is 32.3. The number of ether oxygens (including phenoxy) is 10. The summed E-state index contributed by atoms with van der Waals surface area (Å²) in [6.07, 6.45) is -22.0. The lowest BCUT2D eigenvalue weighted by Gasteiger charge is -2.63. The standard InChI is InChI=1S/C53H82O24S/c1-23(2)11-10-16-52(8)43-27(55)19-51(7)26-12-13-31-49(4,5)32(15-17-50(31,6)25(26)14-18-53(43,51)48(63)76-52)72-47-42(34(58)30(22-69-47)77-78(64,65)66)75-45-36(60)35(59)39(24(3)70-45)73-44-37(61)40(28(56)21-68-44)74-46-38(62)41(67-9)33(57)29(20-54)71-46/h14,24,26,28-47,54,56-62H,1,10-13,15-22H2,2-9H3,(H,64,65,66)/t24-,26-,28-,29-,30-,31+,32+,33-,34+,35-,36-,37-,38-,39-,40+,41+,42-,43-,44+,45+,46+,47+,50-,51+,52+,53-/m1/s1. The minimum Gasteiger partial charge on any atom is -0.458 e. The number of ketones is 1. The number of esters is 1. The Labute approximate surface area is 454 Å². The van der Waals surface area contributed by atoms with Crippen molar-refractivity contribution in [1.29, 1.82) is 0 Å². The van der Waals surface area contributed by atoms with Crippen molar-refractivity contribution in [2.24, 2.45) is 39.4 Å². The van der Waals surface area contributed by atoms with Crippen LogP contribution in [0, 0.1) is 39.4 Å². The maximum atomic E-state index is 14.4. The summed E-state index contributed by atoms with van der Waals surface area (Å²) in [7, 11) is -3.94. The molecule has 0 aromatic heterocycles. The molecule has 4 aliphatic carbocycles. The highest BCUT2D eigenvalue weighted by Gasteiger charge is 2.79. The van der Waals surface area contributed by atoms with Crippen LogP contribution in [0.15, 0.2) is 23.8 Å². The monoisotopic (exact) mass is 1130 g/mol.